The van der Waals surface area contributed by atoms with Gasteiger partial charge < -0.3 is 9.16 Å². The van der Waals surface area contributed by atoms with Crippen molar-refractivity contribution in [1.82, 2.24) is 0 Å². The van der Waals surface area contributed by atoms with Crippen LogP contribution in [0.4, 0.5) is 8.78 Å². The quantitative estimate of drug-likeness (QED) is 0.204. The first-order valence-electron chi connectivity index (χ1n) is 8.31. The molecule has 0 radical (unpaired) electrons. The number of dihydropyridines is 1. The standard InChI is InChI=1S/C17H28F2N2O4Si/c1-13(2)14-17(21(22)23,9-8-10-20-14)24-11-16(18,19)12-25-26(6,7)15(3,4)5/h8-10,14H,1,11-12H2,2-7H3. The molecule has 0 spiro atoms. The monoisotopic (exact) mass is 390 g/mol. The van der Waals surface area contributed by atoms with Crippen LogP contribution in [0.15, 0.2) is 29.3 Å². The summed E-state index contributed by atoms with van der Waals surface area (Å²) in [5.74, 6) is -3.37. The molecule has 1 heterocycles. The Labute approximate surface area is 154 Å². The summed E-state index contributed by atoms with van der Waals surface area (Å²) >= 11 is 0. The fraction of sp³-hybridized carbons (Fsp3) is 0.706. The van der Waals surface area contributed by atoms with Crippen molar-refractivity contribution in [3.8, 4) is 0 Å². The number of ether oxygens (including phenoxy) is 1. The Balaban J connectivity index is 2.89. The number of aliphatic imine (C=N–C) groups is 1. The fourth-order valence-electron chi connectivity index (χ4n) is 2.10. The van der Waals surface area contributed by atoms with Crippen molar-refractivity contribution in [3.05, 3.63) is 34.4 Å². The number of alkyl halides is 2. The van der Waals surface area contributed by atoms with Crippen molar-refractivity contribution in [1.29, 1.82) is 0 Å². The van der Waals surface area contributed by atoms with Crippen LogP contribution in [-0.4, -0.2) is 50.4 Å². The van der Waals surface area contributed by atoms with E-state index in [1.807, 2.05) is 33.9 Å². The van der Waals surface area contributed by atoms with Crippen LogP contribution >= 0.6 is 0 Å². The smallest absolute Gasteiger partial charge is 0.371 e. The summed E-state index contributed by atoms with van der Waals surface area (Å²) in [6.45, 7) is 12.8. The summed E-state index contributed by atoms with van der Waals surface area (Å²) < 4.78 is 39.3. The highest BCUT2D eigenvalue weighted by atomic mass is 28.4. The highest BCUT2D eigenvalue weighted by molar-refractivity contribution is 6.74. The maximum absolute atomic E-state index is 14.3. The van der Waals surface area contributed by atoms with Crippen LogP contribution < -0.4 is 0 Å². The van der Waals surface area contributed by atoms with Gasteiger partial charge in [-0.1, -0.05) is 27.4 Å². The average Bonchev–Trinajstić information content (AvgIpc) is 2.50. The van der Waals surface area contributed by atoms with Gasteiger partial charge in [0, 0.05) is 12.3 Å². The minimum absolute atomic E-state index is 0.224. The molecule has 0 amide bonds. The minimum atomic E-state index is -3.37. The number of hydrogen-bond donors (Lipinski definition) is 0. The summed E-state index contributed by atoms with van der Waals surface area (Å²) in [6, 6.07) is -1.07. The molecule has 1 aliphatic heterocycles. The lowest BCUT2D eigenvalue weighted by atomic mass is 9.96. The first-order chi connectivity index (χ1) is 11.6. The van der Waals surface area contributed by atoms with Crippen molar-refractivity contribution in [2.24, 2.45) is 4.99 Å². The number of nitro groups is 1. The van der Waals surface area contributed by atoms with Gasteiger partial charge in [0.05, 0.1) is 4.92 Å². The molecule has 0 bridgehead atoms. The number of halogens is 2. The van der Waals surface area contributed by atoms with E-state index in [4.69, 9.17) is 9.16 Å². The topological polar surface area (TPSA) is 74.0 Å². The summed E-state index contributed by atoms with van der Waals surface area (Å²) in [4.78, 5) is 14.8. The average molecular weight is 391 g/mol. The van der Waals surface area contributed by atoms with Crippen LogP contribution in [0.1, 0.15) is 27.7 Å². The van der Waals surface area contributed by atoms with Crippen molar-refractivity contribution < 1.29 is 22.9 Å². The molecule has 0 aromatic rings. The van der Waals surface area contributed by atoms with Crippen LogP contribution in [0.25, 0.3) is 0 Å². The SMILES string of the molecule is C=C(C)C1N=CC=CC1(OCC(F)(F)CO[Si](C)(C)C(C)(C)C)[N+](=O)[O-]. The second-order valence-corrected chi connectivity index (χ2v) is 12.9. The molecule has 1 aliphatic rings. The largest absolute Gasteiger partial charge is 0.411 e. The maximum Gasteiger partial charge on any atom is 0.371 e. The molecule has 0 saturated heterocycles. The van der Waals surface area contributed by atoms with E-state index in [1.165, 1.54) is 12.3 Å². The Morgan fingerprint density at radius 2 is 1.96 bits per heavy atom. The number of allylic oxidation sites excluding steroid dienone is 1. The molecule has 148 valence electrons. The molecule has 0 fully saturated rings. The van der Waals surface area contributed by atoms with Crippen LogP contribution in [0.2, 0.25) is 18.1 Å². The van der Waals surface area contributed by atoms with E-state index in [-0.39, 0.29) is 5.04 Å². The Kier molecular flexibility index (Phi) is 6.65. The van der Waals surface area contributed by atoms with E-state index in [9.17, 15) is 18.9 Å². The highest BCUT2D eigenvalue weighted by Crippen LogP contribution is 2.38. The van der Waals surface area contributed by atoms with Crippen molar-refractivity contribution in [2.75, 3.05) is 13.2 Å². The number of nitrogens with zero attached hydrogens (tertiary/aromatic N) is 2. The molecule has 2 atom stereocenters. The third kappa shape index (κ3) is 5.05. The summed E-state index contributed by atoms with van der Waals surface area (Å²) in [6.07, 6.45) is 3.81. The maximum atomic E-state index is 14.3. The van der Waals surface area contributed by atoms with Gasteiger partial charge in [0.25, 0.3) is 5.92 Å². The molecule has 2 unspecified atom stereocenters. The summed E-state index contributed by atoms with van der Waals surface area (Å²) in [5, 5.41) is 11.4. The van der Waals surface area contributed by atoms with Gasteiger partial charge in [-0.2, -0.15) is 0 Å². The van der Waals surface area contributed by atoms with Crippen molar-refractivity contribution in [3.63, 3.8) is 0 Å². The van der Waals surface area contributed by atoms with E-state index in [1.54, 1.807) is 6.92 Å². The lowest BCUT2D eigenvalue weighted by molar-refractivity contribution is -0.617. The Morgan fingerprint density at radius 1 is 1.38 bits per heavy atom. The van der Waals surface area contributed by atoms with Crippen molar-refractivity contribution >= 4 is 14.5 Å². The van der Waals surface area contributed by atoms with Gasteiger partial charge in [-0.05, 0) is 36.7 Å². The third-order valence-electron chi connectivity index (χ3n) is 4.77. The van der Waals surface area contributed by atoms with Crippen molar-refractivity contribution in [2.45, 2.75) is 63.5 Å². The van der Waals surface area contributed by atoms with E-state index >= 15 is 0 Å². The molecule has 0 saturated carbocycles. The zero-order valence-electron chi connectivity index (χ0n) is 16.2. The second kappa shape index (κ2) is 7.65. The molecule has 0 aliphatic carbocycles. The molecule has 6 nitrogen and oxygen atoms in total. The van der Waals surface area contributed by atoms with Crippen LogP contribution in [-0.2, 0) is 9.16 Å². The minimum Gasteiger partial charge on any atom is -0.411 e. The zero-order chi connectivity index (χ0) is 20.4. The van der Waals surface area contributed by atoms with Gasteiger partial charge >= 0.3 is 5.72 Å². The van der Waals surface area contributed by atoms with E-state index in [0.29, 0.717) is 5.57 Å². The first kappa shape index (κ1) is 22.6. The Morgan fingerprint density at radius 3 is 2.42 bits per heavy atom. The molecular weight excluding hydrogens is 362 g/mol. The van der Waals surface area contributed by atoms with E-state index in [2.05, 4.69) is 11.6 Å². The number of hydrogen-bond acceptors (Lipinski definition) is 5. The highest BCUT2D eigenvalue weighted by Gasteiger charge is 2.53. The van der Waals surface area contributed by atoms with Crippen LogP contribution in [0.5, 0.6) is 0 Å². The third-order valence-corrected chi connectivity index (χ3v) is 9.24. The van der Waals surface area contributed by atoms with Crippen LogP contribution in [0, 0.1) is 10.1 Å². The second-order valence-electron chi connectivity index (χ2n) is 8.11. The van der Waals surface area contributed by atoms with Gasteiger partial charge in [0.2, 0.25) is 0 Å². The lowest BCUT2D eigenvalue weighted by Gasteiger charge is -2.37. The molecule has 0 N–H and O–H groups in total. The van der Waals surface area contributed by atoms with Gasteiger partial charge in [-0.3, -0.25) is 15.1 Å². The molecule has 0 aromatic carbocycles. The molecule has 0 aromatic heterocycles. The van der Waals surface area contributed by atoms with Gasteiger partial charge in [0.15, 0.2) is 14.4 Å². The predicted molar refractivity (Wildman–Crippen MR) is 100 cm³/mol. The predicted octanol–water partition coefficient (Wildman–Crippen LogP) is 4.22. The zero-order valence-corrected chi connectivity index (χ0v) is 17.2. The number of rotatable bonds is 8. The lowest BCUT2D eigenvalue weighted by Crippen LogP contribution is -2.53. The Bertz CT molecular complexity index is 614. The van der Waals surface area contributed by atoms with E-state index in [0.717, 1.165) is 6.08 Å². The summed E-state index contributed by atoms with van der Waals surface area (Å²) in [5.41, 5.74) is -1.84. The molecule has 1 rings (SSSR count). The normalized spacial score (nSPS) is 23.9. The first-order valence-corrected chi connectivity index (χ1v) is 11.2. The molecule has 26 heavy (non-hydrogen) atoms. The van der Waals surface area contributed by atoms with Gasteiger partial charge in [-0.15, -0.1) is 0 Å². The van der Waals surface area contributed by atoms with E-state index < -0.39 is 44.1 Å². The van der Waals surface area contributed by atoms with Gasteiger partial charge in [-0.25, -0.2) is 8.78 Å². The summed E-state index contributed by atoms with van der Waals surface area (Å²) in [7, 11) is -2.38. The molecule has 9 heteroatoms. The van der Waals surface area contributed by atoms with Crippen LogP contribution in [0.3, 0.4) is 0 Å². The Hall–Kier alpha value is -1.45. The van der Waals surface area contributed by atoms with Gasteiger partial charge in [0.1, 0.15) is 13.2 Å². The fourth-order valence-corrected chi connectivity index (χ4v) is 3.11. The molecular formula is C17H28F2N2O4Si.